The smallest absolute Gasteiger partial charge is 0.0794 e. The van der Waals surface area contributed by atoms with Gasteiger partial charge >= 0.3 is 0 Å². The molecule has 0 saturated carbocycles. The Morgan fingerprint density at radius 2 is 2.29 bits per heavy atom. The first-order valence-electron chi connectivity index (χ1n) is 5.27. The van der Waals surface area contributed by atoms with Crippen LogP contribution in [0.15, 0.2) is 33.6 Å². The molecule has 0 saturated heterocycles. The quantitative estimate of drug-likeness (QED) is 0.841. The van der Waals surface area contributed by atoms with Crippen LogP contribution in [0.4, 0.5) is 0 Å². The second-order valence-electron chi connectivity index (χ2n) is 3.64. The summed E-state index contributed by atoms with van der Waals surface area (Å²) in [5.74, 6) is 0. The first-order valence-corrected chi connectivity index (χ1v) is 7.39. The fourth-order valence-corrected chi connectivity index (χ4v) is 2.67. The summed E-state index contributed by atoms with van der Waals surface area (Å²) >= 11 is 11.2. The van der Waals surface area contributed by atoms with Crippen molar-refractivity contribution in [2.24, 2.45) is 0 Å². The van der Waals surface area contributed by atoms with Crippen molar-refractivity contribution < 1.29 is 0 Å². The molecule has 0 spiro atoms. The van der Waals surface area contributed by atoms with E-state index in [1.54, 1.807) is 11.3 Å². The Morgan fingerprint density at radius 1 is 1.41 bits per heavy atom. The van der Waals surface area contributed by atoms with E-state index in [0.717, 1.165) is 40.3 Å². The van der Waals surface area contributed by atoms with Crippen molar-refractivity contribution in [2.75, 3.05) is 6.54 Å². The van der Waals surface area contributed by atoms with E-state index in [1.165, 1.54) is 0 Å². The lowest BCUT2D eigenvalue weighted by atomic mass is 10.2. The van der Waals surface area contributed by atoms with Gasteiger partial charge in [-0.25, -0.2) is 4.98 Å². The molecule has 2 nitrogen and oxygen atoms in total. The lowest BCUT2D eigenvalue weighted by molar-refractivity contribution is 0.681. The van der Waals surface area contributed by atoms with Gasteiger partial charge in [0.1, 0.15) is 0 Å². The van der Waals surface area contributed by atoms with Gasteiger partial charge in [0.2, 0.25) is 0 Å². The van der Waals surface area contributed by atoms with Gasteiger partial charge in [-0.05, 0) is 23.8 Å². The number of benzene rings is 1. The third-order valence-corrected chi connectivity index (χ3v) is 3.86. The third-order valence-electron chi connectivity index (χ3n) is 2.36. The molecule has 0 bridgehead atoms. The second kappa shape index (κ2) is 6.50. The molecule has 5 heteroatoms. The average molecular weight is 332 g/mol. The molecule has 90 valence electrons. The van der Waals surface area contributed by atoms with Crippen molar-refractivity contribution in [2.45, 2.75) is 13.0 Å². The summed E-state index contributed by atoms with van der Waals surface area (Å²) in [5, 5.41) is 6.24. The number of halogens is 2. The molecule has 0 atom stereocenters. The van der Waals surface area contributed by atoms with E-state index in [0.29, 0.717) is 0 Å². The predicted octanol–water partition coefficient (Wildman–Crippen LogP) is 3.89. The number of thiazole rings is 1. The zero-order chi connectivity index (χ0) is 12.1. The van der Waals surface area contributed by atoms with Crippen LogP contribution < -0.4 is 5.32 Å². The fourth-order valence-electron chi connectivity index (χ4n) is 1.48. The molecule has 0 unspecified atom stereocenters. The third kappa shape index (κ3) is 4.07. The summed E-state index contributed by atoms with van der Waals surface area (Å²) in [7, 11) is 0. The van der Waals surface area contributed by atoms with Gasteiger partial charge in [0.05, 0.1) is 11.2 Å². The van der Waals surface area contributed by atoms with Crippen LogP contribution in [0.3, 0.4) is 0 Å². The maximum absolute atomic E-state index is 6.10. The summed E-state index contributed by atoms with van der Waals surface area (Å²) in [6.07, 6.45) is 0.953. The lowest BCUT2D eigenvalue weighted by Crippen LogP contribution is -2.17. The topological polar surface area (TPSA) is 24.9 Å². The van der Waals surface area contributed by atoms with Crippen LogP contribution in [-0.2, 0) is 13.0 Å². The van der Waals surface area contributed by atoms with Gasteiger partial charge in [0.15, 0.2) is 0 Å². The zero-order valence-electron chi connectivity index (χ0n) is 9.12. The molecule has 0 fully saturated rings. The monoisotopic (exact) mass is 330 g/mol. The SMILES string of the molecule is Clc1ccc(Br)cc1CNCCc1cscn1. The molecule has 1 aromatic carbocycles. The molecule has 0 radical (unpaired) electrons. The van der Waals surface area contributed by atoms with Crippen LogP contribution in [0.5, 0.6) is 0 Å². The molecule has 1 aromatic heterocycles. The highest BCUT2D eigenvalue weighted by molar-refractivity contribution is 9.10. The number of hydrogen-bond donors (Lipinski definition) is 1. The van der Waals surface area contributed by atoms with Crippen LogP contribution in [-0.4, -0.2) is 11.5 Å². The molecule has 0 aliphatic carbocycles. The van der Waals surface area contributed by atoms with E-state index in [4.69, 9.17) is 11.6 Å². The number of aromatic nitrogens is 1. The molecular weight excluding hydrogens is 320 g/mol. The molecule has 1 N–H and O–H groups in total. The molecule has 0 amide bonds. The minimum atomic E-state index is 0.780. The van der Waals surface area contributed by atoms with Gasteiger partial charge in [0.25, 0.3) is 0 Å². The molecule has 0 aliphatic rings. The summed E-state index contributed by atoms with van der Waals surface area (Å²) in [6.45, 7) is 1.69. The largest absolute Gasteiger partial charge is 0.312 e. The number of rotatable bonds is 5. The van der Waals surface area contributed by atoms with Crippen molar-refractivity contribution in [3.63, 3.8) is 0 Å². The van der Waals surface area contributed by atoms with Crippen molar-refractivity contribution >= 4 is 38.9 Å². The van der Waals surface area contributed by atoms with Crippen LogP contribution in [0.25, 0.3) is 0 Å². The highest BCUT2D eigenvalue weighted by Crippen LogP contribution is 2.20. The molecule has 2 rings (SSSR count). The van der Waals surface area contributed by atoms with E-state index in [9.17, 15) is 0 Å². The Hall–Kier alpha value is -0.420. The minimum absolute atomic E-state index is 0.780. The van der Waals surface area contributed by atoms with Gasteiger partial charge in [-0.1, -0.05) is 27.5 Å². The first-order chi connectivity index (χ1) is 8.25. The molecular formula is C12H12BrClN2S. The number of nitrogens with one attached hydrogen (secondary N) is 1. The first kappa shape index (κ1) is 13.0. The second-order valence-corrected chi connectivity index (χ2v) is 5.68. The normalized spacial score (nSPS) is 10.7. The van der Waals surface area contributed by atoms with Gasteiger partial charge in [0, 0.05) is 34.4 Å². The Labute approximate surface area is 118 Å². The molecule has 2 aromatic rings. The average Bonchev–Trinajstić information content (AvgIpc) is 2.82. The minimum Gasteiger partial charge on any atom is -0.312 e. The molecule has 0 aliphatic heterocycles. The van der Waals surface area contributed by atoms with Gasteiger partial charge < -0.3 is 5.32 Å². The Bertz CT molecular complexity index is 473. The van der Waals surface area contributed by atoms with E-state index in [2.05, 4.69) is 31.6 Å². The van der Waals surface area contributed by atoms with E-state index < -0.39 is 0 Å². The van der Waals surface area contributed by atoms with Crippen LogP contribution >= 0.6 is 38.9 Å². The standard InChI is InChI=1S/C12H12BrClN2S/c13-10-1-2-12(14)9(5-10)6-15-4-3-11-7-17-8-16-11/h1-2,5,7-8,15H,3-4,6H2. The van der Waals surface area contributed by atoms with E-state index in [-0.39, 0.29) is 0 Å². The van der Waals surface area contributed by atoms with Crippen molar-refractivity contribution in [3.8, 4) is 0 Å². The fraction of sp³-hybridized carbons (Fsp3) is 0.250. The zero-order valence-corrected chi connectivity index (χ0v) is 12.3. The summed E-state index contributed by atoms with van der Waals surface area (Å²) in [4.78, 5) is 4.24. The highest BCUT2D eigenvalue weighted by Gasteiger charge is 2.01. The van der Waals surface area contributed by atoms with Gasteiger partial charge in [-0.15, -0.1) is 11.3 Å². The maximum Gasteiger partial charge on any atom is 0.0794 e. The van der Waals surface area contributed by atoms with Crippen LogP contribution in [0, 0.1) is 0 Å². The Kier molecular flexibility index (Phi) is 4.98. The van der Waals surface area contributed by atoms with E-state index >= 15 is 0 Å². The lowest BCUT2D eigenvalue weighted by Gasteiger charge is -2.06. The number of nitrogens with zero attached hydrogens (tertiary/aromatic N) is 1. The van der Waals surface area contributed by atoms with Crippen LogP contribution in [0.1, 0.15) is 11.3 Å². The highest BCUT2D eigenvalue weighted by atomic mass is 79.9. The summed E-state index contributed by atoms with van der Waals surface area (Å²) in [6, 6.07) is 5.89. The summed E-state index contributed by atoms with van der Waals surface area (Å²) < 4.78 is 1.05. The maximum atomic E-state index is 6.10. The van der Waals surface area contributed by atoms with Crippen molar-refractivity contribution in [1.82, 2.24) is 10.3 Å². The van der Waals surface area contributed by atoms with Gasteiger partial charge in [-0.2, -0.15) is 0 Å². The predicted molar refractivity (Wildman–Crippen MR) is 76.7 cm³/mol. The number of hydrogen-bond acceptors (Lipinski definition) is 3. The Morgan fingerprint density at radius 3 is 3.06 bits per heavy atom. The molecule has 17 heavy (non-hydrogen) atoms. The van der Waals surface area contributed by atoms with Crippen molar-refractivity contribution in [3.05, 3.63) is 49.8 Å². The molecule has 1 heterocycles. The van der Waals surface area contributed by atoms with Crippen LogP contribution in [0.2, 0.25) is 5.02 Å². The Balaban J connectivity index is 1.80. The van der Waals surface area contributed by atoms with Gasteiger partial charge in [-0.3, -0.25) is 0 Å². The van der Waals surface area contributed by atoms with E-state index in [1.807, 2.05) is 23.7 Å². The summed E-state index contributed by atoms with van der Waals surface area (Å²) in [5.41, 5.74) is 4.11. The van der Waals surface area contributed by atoms with Crippen molar-refractivity contribution in [1.29, 1.82) is 0 Å².